The maximum atomic E-state index is 11.3. The molecule has 0 aliphatic carbocycles. The Bertz CT molecular complexity index is 427. The molecule has 16 heavy (non-hydrogen) atoms. The lowest BCUT2D eigenvalue weighted by Gasteiger charge is -2.18. The van der Waals surface area contributed by atoms with Gasteiger partial charge in [0.25, 0.3) is 0 Å². The van der Waals surface area contributed by atoms with Crippen LogP contribution in [0.15, 0.2) is 18.2 Å². The number of fused-ring (bicyclic) bond motifs is 1. The second-order valence-electron chi connectivity index (χ2n) is 4.54. The number of amides is 2. The van der Waals surface area contributed by atoms with Crippen molar-refractivity contribution in [1.29, 1.82) is 0 Å². The summed E-state index contributed by atoms with van der Waals surface area (Å²) in [5.41, 5.74) is 1.67. The molecule has 2 amide bonds. The number of nitrogens with one attached hydrogen (secondary N) is 2. The summed E-state index contributed by atoms with van der Waals surface area (Å²) in [6.07, 6.45) is 0.867. The Hall–Kier alpha value is -1.71. The van der Waals surface area contributed by atoms with Crippen molar-refractivity contribution in [3.63, 3.8) is 0 Å². The number of urea groups is 1. The van der Waals surface area contributed by atoms with E-state index in [0.717, 1.165) is 23.4 Å². The normalized spacial score (nSPS) is 16.2. The fraction of sp³-hybridized carbons (Fsp3) is 0.417. The first-order valence-corrected chi connectivity index (χ1v) is 5.31. The highest BCUT2D eigenvalue weighted by atomic mass is 16.5. The minimum absolute atomic E-state index is 0.192. The van der Waals surface area contributed by atoms with E-state index < -0.39 is 0 Å². The summed E-state index contributed by atoms with van der Waals surface area (Å²) in [6.45, 7) is 4.08. The average molecular weight is 220 g/mol. The van der Waals surface area contributed by atoms with Gasteiger partial charge in [-0.1, -0.05) is 12.1 Å². The number of benzene rings is 1. The van der Waals surface area contributed by atoms with Crippen LogP contribution in [-0.4, -0.2) is 18.7 Å². The monoisotopic (exact) mass is 220 g/mol. The van der Waals surface area contributed by atoms with Gasteiger partial charge in [-0.2, -0.15) is 0 Å². The maximum absolute atomic E-state index is 11.3. The number of anilines is 1. The minimum Gasteiger partial charge on any atom is -0.485 e. The molecule has 2 N–H and O–H groups in total. The van der Waals surface area contributed by atoms with Crippen molar-refractivity contribution >= 4 is 11.7 Å². The van der Waals surface area contributed by atoms with Gasteiger partial charge < -0.3 is 15.4 Å². The number of carbonyl (C=O) groups excluding carboxylic acids is 1. The molecule has 1 heterocycles. The van der Waals surface area contributed by atoms with Gasteiger partial charge in [0.2, 0.25) is 0 Å². The van der Waals surface area contributed by atoms with Gasteiger partial charge >= 0.3 is 6.03 Å². The first kappa shape index (κ1) is 10.8. The largest absolute Gasteiger partial charge is 0.485 e. The zero-order valence-corrected chi connectivity index (χ0v) is 9.76. The zero-order valence-electron chi connectivity index (χ0n) is 9.76. The molecule has 0 radical (unpaired) electrons. The lowest BCUT2D eigenvalue weighted by molar-refractivity contribution is 0.139. The van der Waals surface area contributed by atoms with E-state index in [0.29, 0.717) is 0 Å². The molecule has 0 atom stereocenters. The summed E-state index contributed by atoms with van der Waals surface area (Å²) in [6, 6.07) is 5.56. The van der Waals surface area contributed by atoms with Gasteiger partial charge in [0.1, 0.15) is 11.4 Å². The quantitative estimate of drug-likeness (QED) is 0.762. The van der Waals surface area contributed by atoms with Gasteiger partial charge in [-0.15, -0.1) is 0 Å². The van der Waals surface area contributed by atoms with Crippen LogP contribution < -0.4 is 15.4 Å². The molecule has 1 aromatic carbocycles. The summed E-state index contributed by atoms with van der Waals surface area (Å²) in [4.78, 5) is 11.3. The van der Waals surface area contributed by atoms with Crippen molar-refractivity contribution in [2.75, 3.05) is 12.4 Å². The molecule has 1 aliphatic rings. The molecule has 0 aromatic heterocycles. The highest BCUT2D eigenvalue weighted by Crippen LogP contribution is 2.40. The van der Waals surface area contributed by atoms with Crippen LogP contribution >= 0.6 is 0 Å². The summed E-state index contributed by atoms with van der Waals surface area (Å²) in [5.74, 6) is 0.788. The standard InChI is InChI=1S/C12H16N2O2/c1-12(2)7-8-5-4-6-9(10(8)16-12)14-11(15)13-3/h4-6H,7H2,1-3H3,(H2,13,14,15). The Labute approximate surface area is 95.0 Å². The molecular formula is C12H16N2O2. The van der Waals surface area contributed by atoms with Crippen molar-refractivity contribution in [3.05, 3.63) is 23.8 Å². The molecule has 86 valence electrons. The van der Waals surface area contributed by atoms with Crippen LogP contribution in [0.4, 0.5) is 10.5 Å². The first-order chi connectivity index (χ1) is 7.52. The predicted octanol–water partition coefficient (Wildman–Crippen LogP) is 2.15. The van der Waals surface area contributed by atoms with Crippen LogP contribution in [0.1, 0.15) is 19.4 Å². The molecule has 1 aromatic rings. The molecule has 0 bridgehead atoms. The highest BCUT2D eigenvalue weighted by Gasteiger charge is 2.31. The molecule has 0 spiro atoms. The molecular weight excluding hydrogens is 204 g/mol. The van der Waals surface area contributed by atoms with E-state index in [1.807, 2.05) is 32.0 Å². The van der Waals surface area contributed by atoms with Gasteiger partial charge in [-0.3, -0.25) is 0 Å². The molecule has 1 aliphatic heterocycles. The van der Waals surface area contributed by atoms with Crippen molar-refractivity contribution in [2.45, 2.75) is 25.9 Å². The Balaban J connectivity index is 2.30. The lowest BCUT2D eigenvalue weighted by Crippen LogP contribution is -2.26. The van der Waals surface area contributed by atoms with E-state index in [1.54, 1.807) is 7.05 Å². The topological polar surface area (TPSA) is 50.4 Å². The van der Waals surface area contributed by atoms with Gasteiger partial charge in [0.15, 0.2) is 0 Å². The number of hydrogen-bond acceptors (Lipinski definition) is 2. The zero-order chi connectivity index (χ0) is 11.8. The SMILES string of the molecule is CNC(=O)Nc1cccc2c1OC(C)(C)C2. The van der Waals surface area contributed by atoms with E-state index in [4.69, 9.17) is 4.74 Å². The van der Waals surface area contributed by atoms with E-state index in [1.165, 1.54) is 0 Å². The molecule has 2 rings (SSSR count). The second-order valence-corrected chi connectivity index (χ2v) is 4.54. The van der Waals surface area contributed by atoms with Crippen LogP contribution in [0.3, 0.4) is 0 Å². The molecule has 0 unspecified atom stereocenters. The fourth-order valence-corrected chi connectivity index (χ4v) is 1.90. The number of ether oxygens (including phenoxy) is 1. The van der Waals surface area contributed by atoms with Gasteiger partial charge in [0.05, 0.1) is 5.69 Å². The van der Waals surface area contributed by atoms with Crippen LogP contribution in [0.5, 0.6) is 5.75 Å². The second kappa shape index (κ2) is 3.70. The minimum atomic E-state index is -0.235. The molecule has 4 heteroatoms. The Morgan fingerprint density at radius 2 is 2.19 bits per heavy atom. The number of para-hydroxylation sites is 1. The summed E-state index contributed by atoms with van der Waals surface area (Å²) < 4.78 is 5.83. The lowest BCUT2D eigenvalue weighted by atomic mass is 10.0. The van der Waals surface area contributed by atoms with Crippen LogP contribution in [0.2, 0.25) is 0 Å². The van der Waals surface area contributed by atoms with Gasteiger partial charge in [0, 0.05) is 19.0 Å². The summed E-state index contributed by atoms with van der Waals surface area (Å²) in [5, 5.41) is 5.27. The third-order valence-corrected chi connectivity index (χ3v) is 2.57. The average Bonchev–Trinajstić information content (AvgIpc) is 2.53. The number of rotatable bonds is 1. The Kier molecular flexibility index (Phi) is 2.50. The summed E-state index contributed by atoms with van der Waals surface area (Å²) >= 11 is 0. The van der Waals surface area contributed by atoms with E-state index in [9.17, 15) is 4.79 Å². The van der Waals surface area contributed by atoms with Crippen molar-refractivity contribution in [2.24, 2.45) is 0 Å². The van der Waals surface area contributed by atoms with Gasteiger partial charge in [-0.05, 0) is 19.9 Å². The van der Waals surface area contributed by atoms with Crippen LogP contribution in [-0.2, 0) is 6.42 Å². The Morgan fingerprint density at radius 3 is 2.88 bits per heavy atom. The van der Waals surface area contributed by atoms with Crippen LogP contribution in [0.25, 0.3) is 0 Å². The van der Waals surface area contributed by atoms with Crippen LogP contribution in [0, 0.1) is 0 Å². The van der Waals surface area contributed by atoms with Crippen molar-refractivity contribution < 1.29 is 9.53 Å². The van der Waals surface area contributed by atoms with Crippen molar-refractivity contribution in [3.8, 4) is 5.75 Å². The smallest absolute Gasteiger partial charge is 0.319 e. The van der Waals surface area contributed by atoms with E-state index in [-0.39, 0.29) is 11.6 Å². The number of hydrogen-bond donors (Lipinski definition) is 2. The van der Waals surface area contributed by atoms with E-state index in [2.05, 4.69) is 10.6 Å². The molecule has 4 nitrogen and oxygen atoms in total. The third kappa shape index (κ3) is 1.96. The third-order valence-electron chi connectivity index (χ3n) is 2.57. The highest BCUT2D eigenvalue weighted by molar-refractivity contribution is 5.91. The Morgan fingerprint density at radius 1 is 1.44 bits per heavy atom. The van der Waals surface area contributed by atoms with Gasteiger partial charge in [-0.25, -0.2) is 4.79 Å². The number of carbonyl (C=O) groups is 1. The van der Waals surface area contributed by atoms with Crippen molar-refractivity contribution in [1.82, 2.24) is 5.32 Å². The summed E-state index contributed by atoms with van der Waals surface area (Å²) in [7, 11) is 1.59. The first-order valence-electron chi connectivity index (χ1n) is 5.31. The van der Waals surface area contributed by atoms with E-state index >= 15 is 0 Å². The molecule has 0 saturated heterocycles. The maximum Gasteiger partial charge on any atom is 0.319 e. The molecule has 0 fully saturated rings. The predicted molar refractivity (Wildman–Crippen MR) is 62.9 cm³/mol. The fourth-order valence-electron chi connectivity index (χ4n) is 1.90. The molecule has 0 saturated carbocycles.